The molecule has 0 unspecified atom stereocenters. The molecule has 2 aromatic heterocycles. The highest BCUT2D eigenvalue weighted by atomic mass is 16.5. The summed E-state index contributed by atoms with van der Waals surface area (Å²) in [6.45, 7) is 3.83. The summed E-state index contributed by atoms with van der Waals surface area (Å²) < 4.78 is 4.88. The number of aromatic nitrogens is 2. The first-order valence-electron chi connectivity index (χ1n) is 4.79. The number of carbonyl (C=O) groups is 1. The Morgan fingerprint density at radius 3 is 2.81 bits per heavy atom. The summed E-state index contributed by atoms with van der Waals surface area (Å²) in [5.41, 5.74) is 6.42. The summed E-state index contributed by atoms with van der Waals surface area (Å²) in [6, 6.07) is 1.50. The third-order valence-electron chi connectivity index (χ3n) is 2.31. The van der Waals surface area contributed by atoms with Crippen molar-refractivity contribution < 1.29 is 14.4 Å². The minimum atomic E-state index is -1.07. The molecule has 0 atom stereocenters. The molecular formula is C10H11N3O3. The maximum Gasteiger partial charge on any atom is 0.336 e. The first-order chi connectivity index (χ1) is 7.50. The van der Waals surface area contributed by atoms with E-state index in [0.29, 0.717) is 5.69 Å². The average molecular weight is 221 g/mol. The molecule has 0 bridgehead atoms. The van der Waals surface area contributed by atoms with Gasteiger partial charge in [0.15, 0.2) is 5.82 Å². The van der Waals surface area contributed by atoms with Gasteiger partial charge in [-0.1, -0.05) is 19.0 Å². The van der Waals surface area contributed by atoms with Crippen LogP contribution in [-0.4, -0.2) is 21.2 Å². The van der Waals surface area contributed by atoms with Crippen LogP contribution in [0.3, 0.4) is 0 Å². The zero-order valence-electron chi connectivity index (χ0n) is 8.89. The van der Waals surface area contributed by atoms with Crippen molar-refractivity contribution in [2.75, 3.05) is 5.73 Å². The van der Waals surface area contributed by atoms with E-state index in [2.05, 4.69) is 10.1 Å². The van der Waals surface area contributed by atoms with E-state index in [1.54, 1.807) is 0 Å². The van der Waals surface area contributed by atoms with Crippen LogP contribution in [0.5, 0.6) is 0 Å². The SMILES string of the molecule is CC(C)c1cc(C(=O)O)c2c(N)noc2n1. The second-order valence-electron chi connectivity index (χ2n) is 3.80. The van der Waals surface area contributed by atoms with Crippen molar-refractivity contribution in [3.63, 3.8) is 0 Å². The topological polar surface area (TPSA) is 102 Å². The van der Waals surface area contributed by atoms with E-state index < -0.39 is 5.97 Å². The van der Waals surface area contributed by atoms with Crippen molar-refractivity contribution in [3.8, 4) is 0 Å². The molecule has 2 rings (SSSR count). The van der Waals surface area contributed by atoms with Crippen LogP contribution in [0.1, 0.15) is 35.8 Å². The standard InChI is InChI=1S/C10H11N3O3/c1-4(2)6-3-5(10(14)15)7-8(11)13-16-9(7)12-6/h3-4H,1-2H3,(H2,11,13)(H,14,15). The zero-order chi connectivity index (χ0) is 11.9. The summed E-state index contributed by atoms with van der Waals surface area (Å²) in [4.78, 5) is 15.3. The number of hydrogen-bond donors (Lipinski definition) is 2. The molecule has 0 aliphatic heterocycles. The first-order valence-corrected chi connectivity index (χ1v) is 4.79. The molecule has 0 fully saturated rings. The molecule has 0 spiro atoms. The number of nitrogen functional groups attached to an aromatic ring is 1. The highest BCUT2D eigenvalue weighted by Crippen LogP contribution is 2.26. The summed E-state index contributed by atoms with van der Waals surface area (Å²) in [5.74, 6) is -0.909. The molecule has 16 heavy (non-hydrogen) atoms. The Labute approximate surface area is 91.1 Å². The molecule has 84 valence electrons. The van der Waals surface area contributed by atoms with Gasteiger partial charge in [0, 0.05) is 5.69 Å². The van der Waals surface area contributed by atoms with Gasteiger partial charge in [0.1, 0.15) is 0 Å². The zero-order valence-corrected chi connectivity index (χ0v) is 8.89. The van der Waals surface area contributed by atoms with Gasteiger partial charge in [-0.2, -0.15) is 0 Å². The molecule has 0 aromatic carbocycles. The largest absolute Gasteiger partial charge is 0.478 e. The Morgan fingerprint density at radius 2 is 2.25 bits per heavy atom. The summed E-state index contributed by atoms with van der Waals surface area (Å²) >= 11 is 0. The summed E-state index contributed by atoms with van der Waals surface area (Å²) in [7, 11) is 0. The molecule has 6 heteroatoms. The molecule has 2 heterocycles. The Kier molecular flexibility index (Phi) is 2.26. The average Bonchev–Trinajstić information content (AvgIpc) is 2.59. The molecule has 0 radical (unpaired) electrons. The number of anilines is 1. The monoisotopic (exact) mass is 221 g/mol. The Morgan fingerprint density at radius 1 is 1.56 bits per heavy atom. The van der Waals surface area contributed by atoms with E-state index in [0.717, 1.165) is 0 Å². The van der Waals surface area contributed by atoms with Gasteiger partial charge in [0.05, 0.1) is 10.9 Å². The number of carboxylic acids is 1. The Bertz CT molecular complexity index is 560. The van der Waals surface area contributed by atoms with Crippen molar-refractivity contribution in [3.05, 3.63) is 17.3 Å². The van der Waals surface area contributed by atoms with E-state index in [9.17, 15) is 4.79 Å². The van der Waals surface area contributed by atoms with Crippen LogP contribution >= 0.6 is 0 Å². The second kappa shape index (κ2) is 3.48. The van der Waals surface area contributed by atoms with Crippen molar-refractivity contribution in [2.24, 2.45) is 0 Å². The smallest absolute Gasteiger partial charge is 0.336 e. The maximum atomic E-state index is 11.1. The van der Waals surface area contributed by atoms with E-state index in [1.165, 1.54) is 6.07 Å². The molecule has 3 N–H and O–H groups in total. The predicted octanol–water partition coefficient (Wildman–Crippen LogP) is 1.63. The number of hydrogen-bond acceptors (Lipinski definition) is 5. The highest BCUT2D eigenvalue weighted by molar-refractivity contribution is 6.05. The third-order valence-corrected chi connectivity index (χ3v) is 2.31. The molecule has 0 saturated carbocycles. The predicted molar refractivity (Wildman–Crippen MR) is 57.3 cm³/mol. The van der Waals surface area contributed by atoms with Crippen molar-refractivity contribution >= 4 is 22.9 Å². The summed E-state index contributed by atoms with van der Waals surface area (Å²) in [6.07, 6.45) is 0. The Hall–Kier alpha value is -2.11. The fourth-order valence-electron chi connectivity index (χ4n) is 1.46. The number of aromatic carboxylic acids is 1. The Balaban J connectivity index is 2.81. The lowest BCUT2D eigenvalue weighted by atomic mass is 10.1. The maximum absolute atomic E-state index is 11.1. The normalized spacial score (nSPS) is 11.2. The number of fused-ring (bicyclic) bond motifs is 1. The van der Waals surface area contributed by atoms with Crippen LogP contribution in [0.2, 0.25) is 0 Å². The molecule has 0 aliphatic rings. The first kappa shape index (κ1) is 10.4. The summed E-state index contributed by atoms with van der Waals surface area (Å²) in [5, 5.41) is 12.9. The lowest BCUT2D eigenvalue weighted by Crippen LogP contribution is -2.03. The van der Waals surface area contributed by atoms with Crippen molar-refractivity contribution in [1.29, 1.82) is 0 Å². The quantitative estimate of drug-likeness (QED) is 0.798. The lowest BCUT2D eigenvalue weighted by Gasteiger charge is -2.05. The van der Waals surface area contributed by atoms with E-state index in [1.807, 2.05) is 13.8 Å². The minimum Gasteiger partial charge on any atom is -0.478 e. The number of pyridine rings is 1. The molecule has 6 nitrogen and oxygen atoms in total. The molecule has 2 aromatic rings. The number of nitrogens with zero attached hydrogens (tertiary/aromatic N) is 2. The van der Waals surface area contributed by atoms with Crippen molar-refractivity contribution in [2.45, 2.75) is 19.8 Å². The van der Waals surface area contributed by atoms with Gasteiger partial charge < -0.3 is 15.4 Å². The highest BCUT2D eigenvalue weighted by Gasteiger charge is 2.19. The van der Waals surface area contributed by atoms with E-state index in [4.69, 9.17) is 15.4 Å². The molecule has 0 saturated heterocycles. The van der Waals surface area contributed by atoms with Crippen LogP contribution in [0.4, 0.5) is 5.82 Å². The van der Waals surface area contributed by atoms with Crippen LogP contribution in [0, 0.1) is 0 Å². The van der Waals surface area contributed by atoms with Crippen LogP contribution in [-0.2, 0) is 0 Å². The fraction of sp³-hybridized carbons (Fsp3) is 0.300. The van der Waals surface area contributed by atoms with Crippen LogP contribution in [0.25, 0.3) is 11.1 Å². The fourth-order valence-corrected chi connectivity index (χ4v) is 1.46. The van der Waals surface area contributed by atoms with Crippen LogP contribution < -0.4 is 5.73 Å². The minimum absolute atomic E-state index is 0.0511. The lowest BCUT2D eigenvalue weighted by molar-refractivity contribution is 0.0699. The van der Waals surface area contributed by atoms with Crippen LogP contribution in [0.15, 0.2) is 10.6 Å². The van der Waals surface area contributed by atoms with Gasteiger partial charge >= 0.3 is 5.97 Å². The van der Waals surface area contributed by atoms with Gasteiger partial charge in [0.25, 0.3) is 5.71 Å². The third kappa shape index (κ3) is 1.48. The van der Waals surface area contributed by atoms with Gasteiger partial charge in [-0.05, 0) is 12.0 Å². The van der Waals surface area contributed by atoms with Gasteiger partial charge in [-0.25, -0.2) is 9.78 Å². The van der Waals surface area contributed by atoms with Gasteiger partial charge in [-0.15, -0.1) is 0 Å². The number of nitrogens with two attached hydrogens (primary N) is 1. The second-order valence-corrected chi connectivity index (χ2v) is 3.80. The van der Waals surface area contributed by atoms with Gasteiger partial charge in [0.2, 0.25) is 0 Å². The van der Waals surface area contributed by atoms with Crippen molar-refractivity contribution in [1.82, 2.24) is 10.1 Å². The molecular weight excluding hydrogens is 210 g/mol. The number of rotatable bonds is 2. The number of carboxylic acid groups (broad SMARTS) is 1. The molecule has 0 aliphatic carbocycles. The van der Waals surface area contributed by atoms with E-state index >= 15 is 0 Å². The molecule has 0 amide bonds. The van der Waals surface area contributed by atoms with E-state index in [-0.39, 0.29) is 28.4 Å². The van der Waals surface area contributed by atoms with Gasteiger partial charge in [-0.3, -0.25) is 0 Å².